The maximum Gasteiger partial charge on any atom is 0.179 e. The number of halogens is 1. The van der Waals surface area contributed by atoms with Crippen LogP contribution < -0.4 is 20.7 Å². The van der Waals surface area contributed by atoms with E-state index in [9.17, 15) is 0 Å². The molecule has 0 fully saturated rings. The monoisotopic (exact) mass is 697 g/mol. The Bertz CT molecular complexity index is 2140. The fourth-order valence-corrected chi connectivity index (χ4v) is 11.6. The largest absolute Gasteiger partial charge is 0.282 e. The zero-order valence-corrected chi connectivity index (χ0v) is 28.8. The van der Waals surface area contributed by atoms with Crippen LogP contribution in [0.2, 0.25) is 0 Å². The van der Waals surface area contributed by atoms with Crippen molar-refractivity contribution in [1.29, 1.82) is 5.41 Å². The molecule has 0 radical (unpaired) electrons. The fourth-order valence-electron chi connectivity index (χ4n) is 6.41. The molecule has 3 nitrogen and oxygen atoms in total. The molecule has 5 heteroatoms. The SMILES string of the molecule is N=C(N=C(N=Cc1ccccc1)c1ccc([Si](c2ccccc2)(c2ccccc2)c2ccccc2)cc1)c1ccc(Br)c2ccccc12. The second-order valence-electron chi connectivity index (χ2n) is 11.5. The van der Waals surface area contributed by atoms with Crippen LogP contribution in [0.5, 0.6) is 0 Å². The average Bonchev–Trinajstić information content (AvgIpc) is 3.16. The summed E-state index contributed by atoms with van der Waals surface area (Å²) in [5.74, 6) is 0.637. The molecule has 0 heterocycles. The highest BCUT2D eigenvalue weighted by molar-refractivity contribution is 9.10. The molecule has 0 aliphatic rings. The summed E-state index contributed by atoms with van der Waals surface area (Å²) in [6.45, 7) is 0. The lowest BCUT2D eigenvalue weighted by Gasteiger charge is -2.34. The van der Waals surface area contributed by atoms with Crippen molar-refractivity contribution in [2.75, 3.05) is 0 Å². The number of benzene rings is 7. The molecule has 0 atom stereocenters. The summed E-state index contributed by atoms with van der Waals surface area (Å²) in [5, 5.41) is 16.4. The zero-order valence-electron chi connectivity index (χ0n) is 26.2. The molecular formula is C43H32BrN3Si. The predicted molar refractivity (Wildman–Crippen MR) is 209 cm³/mol. The molecule has 0 saturated carbocycles. The predicted octanol–water partition coefficient (Wildman–Crippen LogP) is 7.87. The van der Waals surface area contributed by atoms with Gasteiger partial charge in [-0.15, -0.1) is 0 Å². The summed E-state index contributed by atoms with van der Waals surface area (Å²) >= 11 is 3.67. The Hall–Kier alpha value is -5.49. The molecular weight excluding hydrogens is 666 g/mol. The third-order valence-corrected chi connectivity index (χ3v) is 14.2. The van der Waals surface area contributed by atoms with Crippen LogP contribution in [0.25, 0.3) is 10.8 Å². The van der Waals surface area contributed by atoms with E-state index >= 15 is 0 Å². The lowest BCUT2D eigenvalue weighted by Crippen LogP contribution is -2.74. The first kappa shape index (κ1) is 31.1. The van der Waals surface area contributed by atoms with Crippen molar-refractivity contribution >= 4 is 73.4 Å². The fraction of sp³-hybridized carbons (Fsp3) is 0. The van der Waals surface area contributed by atoms with E-state index in [2.05, 4.69) is 137 Å². The van der Waals surface area contributed by atoms with Crippen molar-refractivity contribution < 1.29 is 0 Å². The Kier molecular flexibility index (Phi) is 9.14. The first-order valence-corrected chi connectivity index (χ1v) is 18.7. The normalized spacial score (nSPS) is 12.0. The first-order valence-electron chi connectivity index (χ1n) is 15.9. The van der Waals surface area contributed by atoms with Gasteiger partial charge in [0.2, 0.25) is 0 Å². The van der Waals surface area contributed by atoms with E-state index in [1.54, 1.807) is 0 Å². The molecule has 0 aliphatic carbocycles. The molecule has 0 spiro atoms. The first-order chi connectivity index (χ1) is 23.6. The van der Waals surface area contributed by atoms with Gasteiger partial charge in [-0.25, -0.2) is 9.98 Å². The van der Waals surface area contributed by atoms with Crippen LogP contribution in [0.15, 0.2) is 196 Å². The van der Waals surface area contributed by atoms with Crippen LogP contribution in [0.4, 0.5) is 0 Å². The average molecular weight is 699 g/mol. The van der Waals surface area contributed by atoms with Crippen LogP contribution in [0, 0.1) is 5.41 Å². The van der Waals surface area contributed by atoms with Crippen molar-refractivity contribution in [2.45, 2.75) is 0 Å². The maximum atomic E-state index is 9.15. The van der Waals surface area contributed by atoms with Gasteiger partial charge in [0.15, 0.2) is 19.7 Å². The second kappa shape index (κ2) is 14.1. The molecule has 0 amide bonds. The Balaban J connectivity index is 1.38. The van der Waals surface area contributed by atoms with Crippen LogP contribution in [-0.2, 0) is 0 Å². The molecule has 7 aromatic rings. The molecule has 0 unspecified atom stereocenters. The highest BCUT2D eigenvalue weighted by atomic mass is 79.9. The number of aliphatic imine (C=N–C) groups is 2. The topological polar surface area (TPSA) is 48.6 Å². The van der Waals surface area contributed by atoms with Gasteiger partial charge in [-0.3, -0.25) is 5.41 Å². The van der Waals surface area contributed by atoms with Crippen LogP contribution >= 0.6 is 15.9 Å². The van der Waals surface area contributed by atoms with Gasteiger partial charge in [0.25, 0.3) is 0 Å². The van der Waals surface area contributed by atoms with Crippen molar-refractivity contribution in [3.8, 4) is 0 Å². The summed E-state index contributed by atoms with van der Waals surface area (Å²) in [4.78, 5) is 9.76. The third-order valence-electron chi connectivity index (χ3n) is 8.68. The van der Waals surface area contributed by atoms with E-state index in [4.69, 9.17) is 15.4 Å². The number of fused-ring (bicyclic) bond motifs is 1. The van der Waals surface area contributed by atoms with Crippen molar-refractivity contribution in [2.24, 2.45) is 9.98 Å². The summed E-state index contributed by atoms with van der Waals surface area (Å²) < 4.78 is 0.986. The van der Waals surface area contributed by atoms with Gasteiger partial charge in [-0.2, -0.15) is 0 Å². The smallest absolute Gasteiger partial charge is 0.179 e. The van der Waals surface area contributed by atoms with Crippen LogP contribution in [-0.4, -0.2) is 26.0 Å². The Labute approximate surface area is 290 Å². The standard InChI is InChI=1S/C43H32BrN3Si/c44-41-30-29-40(38-23-13-14-24-39(38)41)42(45)47-43(46-31-32-15-5-1-6-16-32)33-25-27-37(28-26-33)48(34-17-7-2-8-18-34,35-19-9-3-10-20-35)36-21-11-4-12-22-36/h1-31,45H. The molecule has 0 saturated heterocycles. The summed E-state index contributed by atoms with van der Waals surface area (Å²) in [7, 11) is -2.67. The van der Waals surface area contributed by atoms with Gasteiger partial charge in [-0.1, -0.05) is 186 Å². The summed E-state index contributed by atoms with van der Waals surface area (Å²) in [6, 6.07) is 63.3. The molecule has 7 aromatic carbocycles. The highest BCUT2D eigenvalue weighted by Crippen LogP contribution is 2.27. The van der Waals surface area contributed by atoms with Crippen molar-refractivity contribution in [3.05, 3.63) is 203 Å². The number of rotatable bonds is 7. The molecule has 230 valence electrons. The number of nitrogens with zero attached hydrogens (tertiary/aromatic N) is 2. The molecule has 0 aromatic heterocycles. The minimum Gasteiger partial charge on any atom is -0.282 e. The molecule has 7 rings (SSSR count). The van der Waals surface area contributed by atoms with Gasteiger partial charge in [0, 0.05) is 21.8 Å². The van der Waals surface area contributed by atoms with Gasteiger partial charge < -0.3 is 0 Å². The van der Waals surface area contributed by atoms with E-state index < -0.39 is 8.07 Å². The molecule has 48 heavy (non-hydrogen) atoms. The lowest BCUT2D eigenvalue weighted by atomic mass is 10.0. The quantitative estimate of drug-likeness (QED) is 0.0763. The van der Waals surface area contributed by atoms with E-state index in [-0.39, 0.29) is 5.84 Å². The zero-order chi connectivity index (χ0) is 32.8. The van der Waals surface area contributed by atoms with Crippen molar-refractivity contribution in [1.82, 2.24) is 0 Å². The lowest BCUT2D eigenvalue weighted by molar-refractivity contribution is 1.41. The third kappa shape index (κ3) is 6.14. The van der Waals surface area contributed by atoms with Crippen LogP contribution in [0.1, 0.15) is 16.7 Å². The Morgan fingerprint density at radius 2 is 0.958 bits per heavy atom. The van der Waals surface area contributed by atoms with Crippen LogP contribution in [0.3, 0.4) is 0 Å². The van der Waals surface area contributed by atoms with E-state index in [1.807, 2.05) is 66.9 Å². The number of hydrogen-bond acceptors (Lipinski definition) is 1. The number of hydrogen-bond donors (Lipinski definition) is 1. The second-order valence-corrected chi connectivity index (χ2v) is 16.2. The van der Waals surface area contributed by atoms with Gasteiger partial charge >= 0.3 is 0 Å². The summed E-state index contributed by atoms with van der Waals surface area (Å²) in [6.07, 6.45) is 1.82. The molecule has 0 aliphatic heterocycles. The minimum atomic E-state index is -2.67. The van der Waals surface area contributed by atoms with Crippen molar-refractivity contribution in [3.63, 3.8) is 0 Å². The Morgan fingerprint density at radius 1 is 0.500 bits per heavy atom. The molecule has 0 bridgehead atoms. The Morgan fingerprint density at radius 3 is 1.50 bits per heavy atom. The number of nitrogens with one attached hydrogen (secondary N) is 1. The molecule has 1 N–H and O–H groups in total. The van der Waals surface area contributed by atoms with E-state index in [1.165, 1.54) is 20.7 Å². The highest BCUT2D eigenvalue weighted by Gasteiger charge is 2.41. The van der Waals surface area contributed by atoms with Gasteiger partial charge in [0.1, 0.15) is 0 Å². The van der Waals surface area contributed by atoms with Gasteiger partial charge in [0.05, 0.1) is 0 Å². The van der Waals surface area contributed by atoms with E-state index in [0.717, 1.165) is 31.9 Å². The van der Waals surface area contributed by atoms with Gasteiger partial charge in [-0.05, 0) is 49.2 Å². The number of amidine groups is 2. The minimum absolute atomic E-state index is 0.157. The maximum absolute atomic E-state index is 9.15. The van der Waals surface area contributed by atoms with E-state index in [0.29, 0.717) is 5.84 Å². The summed E-state index contributed by atoms with van der Waals surface area (Å²) in [5.41, 5.74) is 2.56.